The molecule has 1 aromatic carbocycles. The molecule has 7 heteroatoms. The second-order valence-corrected chi connectivity index (χ2v) is 6.44. The molecule has 25 heavy (non-hydrogen) atoms. The summed E-state index contributed by atoms with van der Waals surface area (Å²) in [6, 6.07) is 9.75. The summed E-state index contributed by atoms with van der Waals surface area (Å²) in [5, 5.41) is 19.6. The van der Waals surface area contributed by atoms with Crippen molar-refractivity contribution in [2.45, 2.75) is 50.8 Å². The Morgan fingerprint density at radius 1 is 1.24 bits per heavy atom. The summed E-state index contributed by atoms with van der Waals surface area (Å²) < 4.78 is 9.37. The molecule has 3 atom stereocenters. The Morgan fingerprint density at radius 3 is 2.56 bits per heavy atom. The number of para-hydroxylation sites is 1. The molecule has 6 nitrogen and oxygen atoms in total. The first kappa shape index (κ1) is 19.7. The SMILES string of the molecule is COC1=[N+](c2ccccc2)N=C(C)C1[N+](C)=NC1CCCCC1O.[Ni]. The summed E-state index contributed by atoms with van der Waals surface area (Å²) in [5.41, 5.74) is 1.88. The number of nitrogens with zero attached hydrogens (tertiary/aromatic N) is 4. The molecule has 1 aliphatic heterocycles. The van der Waals surface area contributed by atoms with E-state index < -0.39 is 0 Å². The van der Waals surface area contributed by atoms with Gasteiger partial charge < -0.3 is 9.84 Å². The Balaban J connectivity index is 0.00000225. The molecule has 3 unspecified atom stereocenters. The van der Waals surface area contributed by atoms with E-state index in [1.165, 1.54) is 0 Å². The Labute approximate surface area is 158 Å². The molecule has 3 rings (SSSR count). The van der Waals surface area contributed by atoms with Gasteiger partial charge in [0.1, 0.15) is 6.04 Å². The molecule has 0 amide bonds. The van der Waals surface area contributed by atoms with Crippen LogP contribution >= 0.6 is 0 Å². The number of aliphatic hydroxyl groups excluding tert-OH is 1. The summed E-state index contributed by atoms with van der Waals surface area (Å²) in [4.78, 5) is 0. The van der Waals surface area contributed by atoms with E-state index >= 15 is 0 Å². The fourth-order valence-electron chi connectivity index (χ4n) is 3.47. The van der Waals surface area contributed by atoms with Gasteiger partial charge in [0.25, 0.3) is 0 Å². The maximum absolute atomic E-state index is 10.2. The number of ether oxygens (including phenoxy) is 1. The maximum Gasteiger partial charge on any atom is 0.453 e. The van der Waals surface area contributed by atoms with Crippen molar-refractivity contribution in [2.75, 3.05) is 14.2 Å². The minimum Gasteiger partial charge on any atom is -0.444 e. The fraction of sp³-hybridized carbons (Fsp3) is 0.556. The van der Waals surface area contributed by atoms with Crippen molar-refractivity contribution in [3.8, 4) is 0 Å². The van der Waals surface area contributed by atoms with Crippen LogP contribution in [0.3, 0.4) is 0 Å². The number of hydrazone groups is 1. The first-order valence-electron chi connectivity index (χ1n) is 8.54. The molecule has 2 aliphatic rings. The number of likely N-dealkylation sites (N-methyl/N-ethyl adjacent to an activating group) is 1. The van der Waals surface area contributed by atoms with Crippen LogP contribution in [0.25, 0.3) is 0 Å². The molecule has 1 fully saturated rings. The standard InChI is InChI=1S/C18H26N4O2.Ni/c1-13-17(21(2)20-15-11-7-8-12-16(15)23)18(24-3)22(19-13)14-9-5-4-6-10-14;/h4-6,9-10,15-17,23H,7-8,11-12H2,1-3H3;/q+2;. The van der Waals surface area contributed by atoms with Crippen LogP contribution in [0.4, 0.5) is 5.69 Å². The number of azo groups is 2. The molecule has 1 aliphatic carbocycles. The van der Waals surface area contributed by atoms with Crippen molar-refractivity contribution < 1.29 is 35.7 Å². The van der Waals surface area contributed by atoms with E-state index in [2.05, 4.69) is 5.10 Å². The van der Waals surface area contributed by atoms with Gasteiger partial charge in [-0.25, -0.2) is 0 Å². The molecule has 138 valence electrons. The van der Waals surface area contributed by atoms with Gasteiger partial charge in [0.05, 0.1) is 13.2 Å². The van der Waals surface area contributed by atoms with Crippen LogP contribution in [0.15, 0.2) is 40.5 Å². The minimum atomic E-state index is -0.351. The normalized spacial score (nSPS) is 27.0. The van der Waals surface area contributed by atoms with E-state index in [-0.39, 0.29) is 34.7 Å². The summed E-state index contributed by atoms with van der Waals surface area (Å²) in [6.07, 6.45) is 3.61. The molecule has 0 radical (unpaired) electrons. The van der Waals surface area contributed by atoms with Crippen molar-refractivity contribution >= 4 is 17.3 Å². The van der Waals surface area contributed by atoms with Gasteiger partial charge in [-0.2, -0.15) is 0 Å². The predicted molar refractivity (Wildman–Crippen MR) is 92.2 cm³/mol. The summed E-state index contributed by atoms with van der Waals surface area (Å²) in [6.45, 7) is 1.98. The second-order valence-electron chi connectivity index (χ2n) is 6.44. The zero-order chi connectivity index (χ0) is 17.1. The minimum absolute atomic E-state index is 0. The number of methoxy groups -OCH3 is 1. The molecule has 1 N–H and O–H groups in total. The van der Waals surface area contributed by atoms with Gasteiger partial charge >= 0.3 is 11.9 Å². The van der Waals surface area contributed by atoms with Gasteiger partial charge in [-0.15, -0.1) is 4.70 Å². The third kappa shape index (κ3) is 4.15. The van der Waals surface area contributed by atoms with E-state index in [9.17, 15) is 5.11 Å². The smallest absolute Gasteiger partial charge is 0.444 e. The fourth-order valence-corrected chi connectivity index (χ4v) is 3.47. The van der Waals surface area contributed by atoms with E-state index in [1.807, 2.05) is 53.7 Å². The largest absolute Gasteiger partial charge is 0.453 e. The third-order valence-electron chi connectivity index (χ3n) is 4.70. The summed E-state index contributed by atoms with van der Waals surface area (Å²) >= 11 is 0. The number of benzene rings is 1. The molecule has 0 spiro atoms. The Morgan fingerprint density at radius 2 is 1.92 bits per heavy atom. The van der Waals surface area contributed by atoms with E-state index in [1.54, 1.807) is 7.11 Å². The van der Waals surface area contributed by atoms with E-state index in [0.717, 1.165) is 43.0 Å². The average Bonchev–Trinajstić information content (AvgIpc) is 2.94. The maximum atomic E-state index is 10.2. The molecular formula is C18H26N4NiO2+2. The van der Waals surface area contributed by atoms with Gasteiger partial charge in [0.2, 0.25) is 5.69 Å². The van der Waals surface area contributed by atoms with Crippen LogP contribution in [0.2, 0.25) is 0 Å². The van der Waals surface area contributed by atoms with E-state index in [0.29, 0.717) is 0 Å². The zero-order valence-corrected chi connectivity index (χ0v) is 15.9. The first-order valence-corrected chi connectivity index (χ1v) is 8.54. The summed E-state index contributed by atoms with van der Waals surface area (Å²) in [7, 11) is 3.59. The van der Waals surface area contributed by atoms with Crippen LogP contribution < -0.4 is 0 Å². The Hall–Kier alpha value is -1.59. The molecule has 1 aromatic rings. The monoisotopic (exact) mass is 388 g/mol. The van der Waals surface area contributed by atoms with Gasteiger partial charge in [0.15, 0.2) is 12.8 Å². The zero-order valence-electron chi connectivity index (χ0n) is 14.9. The van der Waals surface area contributed by atoms with Crippen molar-refractivity contribution in [3.05, 3.63) is 30.3 Å². The van der Waals surface area contributed by atoms with Crippen molar-refractivity contribution in [3.63, 3.8) is 0 Å². The number of hydrogen-bond donors (Lipinski definition) is 1. The Kier molecular flexibility index (Phi) is 6.85. The van der Waals surface area contributed by atoms with Crippen molar-refractivity contribution in [2.24, 2.45) is 10.2 Å². The Bertz CT molecular complexity index is 688. The molecular weight excluding hydrogens is 363 g/mol. The van der Waals surface area contributed by atoms with Crippen molar-refractivity contribution in [1.82, 2.24) is 0 Å². The first-order chi connectivity index (χ1) is 11.6. The third-order valence-corrected chi connectivity index (χ3v) is 4.70. The average molecular weight is 389 g/mol. The topological polar surface area (TPSA) is 60.2 Å². The molecule has 0 bridgehead atoms. The van der Waals surface area contributed by atoms with Crippen LogP contribution in [-0.2, 0) is 21.2 Å². The number of rotatable bonds is 3. The van der Waals surface area contributed by atoms with Crippen LogP contribution in [0, 0.1) is 0 Å². The molecule has 1 saturated carbocycles. The quantitative estimate of drug-likeness (QED) is 0.491. The van der Waals surface area contributed by atoms with Crippen LogP contribution in [0.5, 0.6) is 0 Å². The van der Waals surface area contributed by atoms with Gasteiger partial charge in [0, 0.05) is 33.7 Å². The predicted octanol–water partition coefficient (Wildman–Crippen LogP) is 2.53. The van der Waals surface area contributed by atoms with Gasteiger partial charge in [-0.3, -0.25) is 0 Å². The second kappa shape index (κ2) is 8.68. The summed E-state index contributed by atoms with van der Waals surface area (Å²) in [5.74, 6) is 0.732. The van der Waals surface area contributed by atoms with Crippen molar-refractivity contribution in [1.29, 1.82) is 0 Å². The number of aliphatic hydroxyl groups is 1. The van der Waals surface area contributed by atoms with Gasteiger partial charge in [-0.1, -0.05) is 31.0 Å². The molecule has 0 aromatic heterocycles. The molecule has 1 heterocycles. The van der Waals surface area contributed by atoms with Crippen LogP contribution in [0.1, 0.15) is 32.6 Å². The number of hydrogen-bond acceptors (Lipinski definition) is 4. The van der Waals surface area contributed by atoms with Gasteiger partial charge in [-0.05, 0) is 29.6 Å². The van der Waals surface area contributed by atoms with Crippen LogP contribution in [-0.4, -0.2) is 58.4 Å². The molecule has 0 saturated heterocycles. The van der Waals surface area contributed by atoms with E-state index in [4.69, 9.17) is 9.85 Å².